The van der Waals surface area contributed by atoms with Gasteiger partial charge < -0.3 is 20.1 Å². The van der Waals surface area contributed by atoms with Gasteiger partial charge in [0.15, 0.2) is 0 Å². The lowest BCUT2D eigenvalue weighted by molar-refractivity contribution is -0.145. The summed E-state index contributed by atoms with van der Waals surface area (Å²) in [6.45, 7) is 1.83. The molecule has 2 amide bonds. The zero-order chi connectivity index (χ0) is 24.1. The van der Waals surface area contributed by atoms with Gasteiger partial charge in [-0.15, -0.1) is 11.3 Å². The van der Waals surface area contributed by atoms with Gasteiger partial charge >= 0.3 is 12.1 Å². The van der Waals surface area contributed by atoms with E-state index in [2.05, 4.69) is 17.4 Å². The maximum absolute atomic E-state index is 13.2. The Morgan fingerprint density at radius 3 is 2.24 bits per heavy atom. The molecule has 1 aromatic heterocycles. The average molecular weight is 479 g/mol. The number of aliphatic carboxylic acids is 1. The van der Waals surface area contributed by atoms with Gasteiger partial charge in [-0.25, -0.2) is 4.79 Å². The number of alkyl carbamates (subject to hydrolysis) is 1. The molecule has 1 atom stereocenters. The van der Waals surface area contributed by atoms with E-state index in [1.807, 2.05) is 43.3 Å². The minimum Gasteiger partial charge on any atom is -0.480 e. The third-order valence-electron chi connectivity index (χ3n) is 5.81. The predicted octanol–water partition coefficient (Wildman–Crippen LogP) is 4.65. The fraction of sp³-hybridized carbons (Fsp3) is 0.269. The van der Waals surface area contributed by atoms with E-state index in [0.29, 0.717) is 11.3 Å². The molecule has 7 nitrogen and oxygen atoms in total. The molecule has 2 aromatic carbocycles. The number of hydrogen-bond donors (Lipinski definition) is 2. The molecule has 1 heterocycles. The highest BCUT2D eigenvalue weighted by Gasteiger charge is 2.32. The molecule has 0 aliphatic heterocycles. The van der Waals surface area contributed by atoms with Crippen molar-refractivity contribution in [2.75, 3.05) is 19.7 Å². The molecule has 3 aromatic rings. The van der Waals surface area contributed by atoms with Crippen molar-refractivity contribution < 1.29 is 24.2 Å². The Morgan fingerprint density at radius 1 is 1.03 bits per heavy atom. The number of carboxylic acid groups (broad SMARTS) is 1. The zero-order valence-corrected chi connectivity index (χ0v) is 19.6. The summed E-state index contributed by atoms with van der Waals surface area (Å²) in [5.74, 6) is -1.68. The second-order valence-electron chi connectivity index (χ2n) is 8.07. The van der Waals surface area contributed by atoms with Crippen molar-refractivity contribution in [3.05, 3.63) is 82.0 Å². The zero-order valence-electron chi connectivity index (χ0n) is 18.8. The Hall–Kier alpha value is -3.65. The van der Waals surface area contributed by atoms with Crippen LogP contribution in [0, 0.1) is 0 Å². The monoisotopic (exact) mass is 478 g/mol. The molecule has 34 heavy (non-hydrogen) atoms. The quantitative estimate of drug-likeness (QED) is 0.467. The maximum Gasteiger partial charge on any atom is 0.408 e. The van der Waals surface area contributed by atoms with E-state index in [1.54, 1.807) is 17.5 Å². The first-order valence-electron chi connectivity index (χ1n) is 11.1. The summed E-state index contributed by atoms with van der Waals surface area (Å²) >= 11 is 1.32. The second-order valence-corrected chi connectivity index (χ2v) is 9.05. The molecule has 0 saturated carbocycles. The number of nitrogens with zero attached hydrogens (tertiary/aromatic N) is 1. The van der Waals surface area contributed by atoms with E-state index >= 15 is 0 Å². The SMILES string of the molecule is CCCN(CC(=O)O)C(=O)C(NC(=O)OCC1c2ccccc2-c2ccccc21)c1cccs1. The maximum atomic E-state index is 13.2. The van der Waals surface area contributed by atoms with Crippen molar-refractivity contribution in [2.45, 2.75) is 25.3 Å². The second kappa shape index (κ2) is 10.5. The summed E-state index contributed by atoms with van der Waals surface area (Å²) in [5.41, 5.74) is 4.45. The van der Waals surface area contributed by atoms with Crippen LogP contribution in [-0.2, 0) is 14.3 Å². The van der Waals surface area contributed by atoms with Gasteiger partial charge in [0.1, 0.15) is 19.2 Å². The van der Waals surface area contributed by atoms with Crippen molar-refractivity contribution in [2.24, 2.45) is 0 Å². The van der Waals surface area contributed by atoms with Gasteiger partial charge in [-0.05, 0) is 40.1 Å². The molecule has 2 N–H and O–H groups in total. The van der Waals surface area contributed by atoms with Gasteiger partial charge in [-0.3, -0.25) is 9.59 Å². The van der Waals surface area contributed by atoms with Crippen molar-refractivity contribution in [3.8, 4) is 11.1 Å². The standard InChI is InChI=1S/C26H26N2O5S/c1-2-13-28(15-23(29)30)25(31)24(22-12-7-14-34-22)27-26(32)33-16-21-19-10-5-3-8-17(19)18-9-4-6-11-20(18)21/h3-12,14,21,24H,2,13,15-16H2,1H3,(H,27,32)(H,29,30). The molecule has 1 unspecified atom stereocenters. The number of carboxylic acids is 1. The van der Waals surface area contributed by atoms with Gasteiger partial charge in [0.25, 0.3) is 5.91 Å². The highest BCUT2D eigenvalue weighted by molar-refractivity contribution is 7.10. The van der Waals surface area contributed by atoms with E-state index < -0.39 is 30.6 Å². The molecule has 1 aliphatic carbocycles. The Bertz CT molecular complexity index is 1130. The number of nitrogens with one attached hydrogen (secondary N) is 1. The van der Waals surface area contributed by atoms with Crippen molar-refractivity contribution in [3.63, 3.8) is 0 Å². The fourth-order valence-corrected chi connectivity index (χ4v) is 5.12. The molecule has 1 aliphatic rings. The summed E-state index contributed by atoms with van der Waals surface area (Å²) < 4.78 is 5.61. The molecule has 4 rings (SSSR count). The number of ether oxygens (including phenoxy) is 1. The van der Waals surface area contributed by atoms with Gasteiger partial charge in [-0.2, -0.15) is 0 Å². The molecule has 0 bridgehead atoms. The van der Waals surface area contributed by atoms with E-state index in [9.17, 15) is 19.5 Å². The van der Waals surface area contributed by atoms with Crippen LogP contribution in [0.4, 0.5) is 4.79 Å². The van der Waals surface area contributed by atoms with E-state index in [0.717, 1.165) is 22.3 Å². The highest BCUT2D eigenvalue weighted by atomic mass is 32.1. The number of hydrogen-bond acceptors (Lipinski definition) is 5. The Labute approximate surface area is 202 Å². The van der Waals surface area contributed by atoms with E-state index in [4.69, 9.17) is 4.74 Å². The Balaban J connectivity index is 1.49. The lowest BCUT2D eigenvalue weighted by Crippen LogP contribution is -2.45. The van der Waals surface area contributed by atoms with Gasteiger partial charge in [0, 0.05) is 17.3 Å². The summed E-state index contributed by atoms with van der Waals surface area (Å²) in [6.07, 6.45) is -0.124. The molecule has 0 saturated heterocycles. The van der Waals surface area contributed by atoms with Crippen molar-refractivity contribution in [1.29, 1.82) is 0 Å². The third kappa shape index (κ3) is 4.97. The average Bonchev–Trinajstić information content (AvgIpc) is 3.47. The number of fused-ring (bicyclic) bond motifs is 3. The third-order valence-corrected chi connectivity index (χ3v) is 6.75. The van der Waals surface area contributed by atoms with Crippen LogP contribution in [0.5, 0.6) is 0 Å². The van der Waals surface area contributed by atoms with Crippen LogP contribution in [0.2, 0.25) is 0 Å². The van der Waals surface area contributed by atoms with Crippen LogP contribution in [0.15, 0.2) is 66.0 Å². The summed E-state index contributed by atoms with van der Waals surface area (Å²) in [7, 11) is 0. The smallest absolute Gasteiger partial charge is 0.408 e. The van der Waals surface area contributed by atoms with Gasteiger partial charge in [-0.1, -0.05) is 61.5 Å². The van der Waals surface area contributed by atoms with E-state index in [1.165, 1.54) is 16.2 Å². The van der Waals surface area contributed by atoms with Crippen LogP contribution in [0.3, 0.4) is 0 Å². The highest BCUT2D eigenvalue weighted by Crippen LogP contribution is 2.44. The first kappa shape index (κ1) is 23.5. The summed E-state index contributed by atoms with van der Waals surface area (Å²) in [5, 5.41) is 13.7. The lowest BCUT2D eigenvalue weighted by Gasteiger charge is -2.26. The van der Waals surface area contributed by atoms with Crippen LogP contribution >= 0.6 is 11.3 Å². The fourth-order valence-electron chi connectivity index (χ4n) is 4.35. The van der Waals surface area contributed by atoms with Crippen LogP contribution in [0.1, 0.15) is 41.3 Å². The molecular formula is C26H26N2O5S. The number of amides is 2. The molecular weight excluding hydrogens is 452 g/mol. The lowest BCUT2D eigenvalue weighted by atomic mass is 9.98. The molecule has 0 radical (unpaired) electrons. The number of rotatable bonds is 9. The first-order valence-corrected chi connectivity index (χ1v) is 12.0. The van der Waals surface area contributed by atoms with Crippen LogP contribution in [-0.4, -0.2) is 47.7 Å². The normalized spacial score (nSPS) is 13.0. The number of benzene rings is 2. The largest absolute Gasteiger partial charge is 0.480 e. The Morgan fingerprint density at radius 2 is 1.68 bits per heavy atom. The number of carbonyl (C=O) groups is 3. The molecule has 176 valence electrons. The van der Waals surface area contributed by atoms with Crippen molar-refractivity contribution >= 4 is 29.3 Å². The number of thiophene rings is 1. The summed E-state index contributed by atoms with van der Waals surface area (Å²) in [4.78, 5) is 39.1. The predicted molar refractivity (Wildman–Crippen MR) is 130 cm³/mol. The summed E-state index contributed by atoms with van der Waals surface area (Å²) in [6, 6.07) is 18.6. The number of carbonyl (C=O) groups excluding carboxylic acids is 2. The van der Waals surface area contributed by atoms with Crippen LogP contribution in [0.25, 0.3) is 11.1 Å². The van der Waals surface area contributed by atoms with E-state index in [-0.39, 0.29) is 19.1 Å². The molecule has 8 heteroatoms. The minimum atomic E-state index is -1.10. The molecule has 0 fully saturated rings. The molecule has 0 spiro atoms. The topological polar surface area (TPSA) is 95.9 Å². The van der Waals surface area contributed by atoms with Gasteiger partial charge in [0.2, 0.25) is 0 Å². The van der Waals surface area contributed by atoms with Crippen molar-refractivity contribution in [1.82, 2.24) is 10.2 Å². The minimum absolute atomic E-state index is 0.0994. The first-order chi connectivity index (χ1) is 16.5. The van der Waals surface area contributed by atoms with Gasteiger partial charge in [0.05, 0.1) is 0 Å². The van der Waals surface area contributed by atoms with Crippen LogP contribution < -0.4 is 5.32 Å². The Kier molecular flexibility index (Phi) is 7.27.